The number of halogens is 3. The number of rotatable bonds is 5. The molecule has 0 fully saturated rings. The van der Waals surface area contributed by atoms with Gasteiger partial charge in [0.25, 0.3) is 10.0 Å². The maximum Gasteiger partial charge on any atom is 0.432 e. The molecule has 2 N–H and O–H groups in total. The van der Waals surface area contributed by atoms with E-state index in [0.29, 0.717) is 15.5 Å². The molecule has 27 heavy (non-hydrogen) atoms. The maximum atomic E-state index is 12.7. The fourth-order valence-electron chi connectivity index (χ4n) is 2.38. The van der Waals surface area contributed by atoms with Crippen molar-refractivity contribution < 1.29 is 26.3 Å². The first kappa shape index (κ1) is 19.2. The van der Waals surface area contributed by atoms with E-state index in [1.54, 1.807) is 31.2 Å². The van der Waals surface area contributed by atoms with Crippen LogP contribution in [0.4, 0.5) is 18.9 Å². The Morgan fingerprint density at radius 2 is 1.93 bits per heavy atom. The number of benzene rings is 1. The minimum Gasteiger partial charge on any atom is -0.495 e. The molecule has 1 aromatic carbocycles. The number of para-hydroxylation sites is 2. The highest BCUT2D eigenvalue weighted by atomic mass is 32.2. The van der Waals surface area contributed by atoms with Gasteiger partial charge in [-0.15, -0.1) is 11.3 Å². The first-order valence-electron chi connectivity index (χ1n) is 7.51. The van der Waals surface area contributed by atoms with E-state index in [1.807, 2.05) is 5.10 Å². The van der Waals surface area contributed by atoms with Crippen molar-refractivity contribution in [2.45, 2.75) is 18.0 Å². The van der Waals surface area contributed by atoms with Crippen LogP contribution in [-0.2, 0) is 16.2 Å². The van der Waals surface area contributed by atoms with Crippen molar-refractivity contribution in [3.05, 3.63) is 47.0 Å². The van der Waals surface area contributed by atoms with Crippen molar-refractivity contribution in [2.75, 3.05) is 11.8 Å². The Morgan fingerprint density at radius 3 is 2.56 bits per heavy atom. The highest BCUT2D eigenvalue weighted by molar-refractivity contribution is 7.93. The number of ether oxygens (including phenoxy) is 1. The van der Waals surface area contributed by atoms with Crippen LogP contribution in [0.5, 0.6) is 5.75 Å². The largest absolute Gasteiger partial charge is 0.495 e. The zero-order valence-electron chi connectivity index (χ0n) is 14.1. The Bertz CT molecular complexity index is 1070. The number of nitrogens with zero attached hydrogens (tertiary/aromatic N) is 1. The van der Waals surface area contributed by atoms with Crippen molar-refractivity contribution >= 4 is 27.0 Å². The van der Waals surface area contributed by atoms with E-state index in [4.69, 9.17) is 4.74 Å². The summed E-state index contributed by atoms with van der Waals surface area (Å²) >= 11 is 1.04. The molecule has 11 heteroatoms. The van der Waals surface area contributed by atoms with Crippen molar-refractivity contribution in [1.82, 2.24) is 10.2 Å². The molecule has 0 aliphatic heterocycles. The first-order valence-corrected chi connectivity index (χ1v) is 9.81. The van der Waals surface area contributed by atoms with Gasteiger partial charge in [0.1, 0.15) is 22.0 Å². The minimum absolute atomic E-state index is 0.0224. The molecular formula is C16H14F3N3O3S2. The molecule has 0 saturated carbocycles. The Kier molecular flexibility index (Phi) is 4.91. The van der Waals surface area contributed by atoms with Crippen molar-refractivity contribution in [2.24, 2.45) is 0 Å². The molecule has 144 valence electrons. The molecule has 0 amide bonds. The van der Waals surface area contributed by atoms with Gasteiger partial charge in [-0.05, 0) is 31.2 Å². The summed E-state index contributed by atoms with van der Waals surface area (Å²) in [5, 5.41) is 5.55. The van der Waals surface area contributed by atoms with Crippen molar-refractivity contribution in [3.63, 3.8) is 0 Å². The molecule has 3 rings (SSSR count). The number of thiophene rings is 1. The third-order valence-corrected chi connectivity index (χ3v) is 6.34. The molecule has 3 aromatic rings. The van der Waals surface area contributed by atoms with Gasteiger partial charge in [-0.1, -0.05) is 12.1 Å². The Hall–Kier alpha value is -2.53. The second-order valence-electron chi connectivity index (χ2n) is 5.50. The van der Waals surface area contributed by atoms with Crippen LogP contribution in [0, 0.1) is 6.92 Å². The number of methoxy groups -OCH3 is 1. The molecule has 0 spiro atoms. The first-order chi connectivity index (χ1) is 12.6. The third-order valence-electron chi connectivity index (χ3n) is 3.65. The van der Waals surface area contributed by atoms with Crippen LogP contribution in [-0.4, -0.2) is 25.7 Å². The maximum absolute atomic E-state index is 12.7. The highest BCUT2D eigenvalue weighted by Crippen LogP contribution is 2.36. The summed E-state index contributed by atoms with van der Waals surface area (Å²) in [5.41, 5.74) is -0.722. The van der Waals surface area contributed by atoms with Crippen LogP contribution in [0.2, 0.25) is 0 Å². The topological polar surface area (TPSA) is 84.1 Å². The number of sulfonamides is 1. The van der Waals surface area contributed by atoms with E-state index < -0.39 is 21.9 Å². The number of hydrogen-bond donors (Lipinski definition) is 2. The van der Waals surface area contributed by atoms with Crippen LogP contribution in [0.1, 0.15) is 10.6 Å². The lowest BCUT2D eigenvalue weighted by molar-refractivity contribution is -0.141. The number of anilines is 1. The van der Waals surface area contributed by atoms with Gasteiger partial charge in [-0.25, -0.2) is 8.42 Å². The van der Waals surface area contributed by atoms with Gasteiger partial charge in [0.05, 0.1) is 17.7 Å². The monoisotopic (exact) mass is 417 g/mol. The number of H-pyrrole nitrogens is 1. The zero-order valence-corrected chi connectivity index (χ0v) is 15.7. The molecule has 6 nitrogen and oxygen atoms in total. The lowest BCUT2D eigenvalue weighted by atomic mass is 10.3. The summed E-state index contributed by atoms with van der Waals surface area (Å²) in [5.74, 6) is 0.344. The average Bonchev–Trinajstić information content (AvgIpc) is 3.21. The summed E-state index contributed by atoms with van der Waals surface area (Å²) in [6, 6.07) is 8.63. The number of aryl methyl sites for hydroxylation is 1. The van der Waals surface area contributed by atoms with E-state index >= 15 is 0 Å². The molecule has 0 aliphatic rings. The van der Waals surface area contributed by atoms with Gasteiger partial charge in [-0.3, -0.25) is 9.82 Å². The van der Waals surface area contributed by atoms with Gasteiger partial charge in [0, 0.05) is 4.88 Å². The van der Waals surface area contributed by atoms with Crippen LogP contribution in [0.15, 0.2) is 41.3 Å². The summed E-state index contributed by atoms with van der Waals surface area (Å²) < 4.78 is 71.2. The predicted molar refractivity (Wildman–Crippen MR) is 95.4 cm³/mol. The van der Waals surface area contributed by atoms with Crippen LogP contribution in [0.3, 0.4) is 0 Å². The van der Waals surface area contributed by atoms with Crippen LogP contribution in [0.25, 0.3) is 10.6 Å². The van der Waals surface area contributed by atoms with E-state index in [2.05, 4.69) is 9.82 Å². The Morgan fingerprint density at radius 1 is 1.22 bits per heavy atom. The third kappa shape index (κ3) is 3.93. The van der Waals surface area contributed by atoms with Gasteiger partial charge in [-0.2, -0.15) is 18.3 Å². The molecule has 0 unspecified atom stereocenters. The minimum atomic E-state index is -4.56. The van der Waals surface area contributed by atoms with Crippen molar-refractivity contribution in [3.8, 4) is 16.3 Å². The lowest BCUT2D eigenvalue weighted by Gasteiger charge is -2.11. The van der Waals surface area contributed by atoms with Gasteiger partial charge >= 0.3 is 6.18 Å². The van der Waals surface area contributed by atoms with Gasteiger partial charge in [0.2, 0.25) is 0 Å². The lowest BCUT2D eigenvalue weighted by Crippen LogP contribution is -2.13. The molecule has 0 bridgehead atoms. The number of aromatic amines is 1. The molecule has 2 aromatic heterocycles. The standard InChI is InChI=1S/C16H14F3N3O3S2/c1-9-14(27(23,24)22-10-5-3-4-6-12(10)25-2)8-13(26-9)11-7-15(21-20-11)16(17,18)19/h3-8,22H,1-2H3,(H,20,21). The Labute approximate surface area is 157 Å². The highest BCUT2D eigenvalue weighted by Gasteiger charge is 2.33. The van der Waals surface area contributed by atoms with E-state index in [9.17, 15) is 21.6 Å². The molecular weight excluding hydrogens is 403 g/mol. The zero-order chi connectivity index (χ0) is 19.8. The second-order valence-corrected chi connectivity index (χ2v) is 8.41. The number of alkyl halides is 3. The van der Waals surface area contributed by atoms with Crippen molar-refractivity contribution in [1.29, 1.82) is 0 Å². The van der Waals surface area contributed by atoms with Gasteiger partial charge < -0.3 is 4.74 Å². The molecule has 0 aliphatic carbocycles. The average molecular weight is 417 g/mol. The summed E-state index contributed by atoms with van der Waals surface area (Å²) in [6.45, 7) is 1.57. The predicted octanol–water partition coefficient (Wildman–Crippen LogP) is 4.27. The number of hydrogen-bond acceptors (Lipinski definition) is 5. The van der Waals surface area contributed by atoms with Gasteiger partial charge in [0.15, 0.2) is 0 Å². The quantitative estimate of drug-likeness (QED) is 0.649. The number of aromatic nitrogens is 2. The number of nitrogens with one attached hydrogen (secondary N) is 2. The molecule has 0 atom stereocenters. The van der Waals surface area contributed by atoms with E-state index in [-0.39, 0.29) is 16.3 Å². The summed E-state index contributed by atoms with van der Waals surface area (Å²) in [4.78, 5) is 0.688. The smallest absolute Gasteiger partial charge is 0.432 e. The fraction of sp³-hybridized carbons (Fsp3) is 0.188. The van der Waals surface area contributed by atoms with Crippen LogP contribution < -0.4 is 9.46 Å². The summed E-state index contributed by atoms with van der Waals surface area (Å²) in [6.07, 6.45) is -4.56. The van der Waals surface area contributed by atoms with E-state index in [0.717, 1.165) is 17.4 Å². The normalized spacial score (nSPS) is 12.2. The Balaban J connectivity index is 1.95. The summed E-state index contributed by atoms with van der Waals surface area (Å²) in [7, 11) is -2.55. The SMILES string of the molecule is COc1ccccc1NS(=O)(=O)c1cc(-c2cc(C(F)(F)F)[nH]n2)sc1C. The molecule has 0 saturated heterocycles. The van der Waals surface area contributed by atoms with Crippen LogP contribution >= 0.6 is 11.3 Å². The fourth-order valence-corrected chi connectivity index (χ4v) is 5.00. The van der Waals surface area contributed by atoms with E-state index in [1.165, 1.54) is 13.2 Å². The second kappa shape index (κ2) is 6.89. The molecule has 2 heterocycles. The molecule has 0 radical (unpaired) electrons.